The van der Waals surface area contributed by atoms with Gasteiger partial charge in [-0.05, 0) is 25.0 Å². The predicted molar refractivity (Wildman–Crippen MR) is 68.0 cm³/mol. The standard InChI is InChI=1S/C14H19NO/c1-4-15(13(3)16)11-10-12(2)14-8-6-5-7-9-14/h5-10H,4,11H2,1-3H3/b12-10-. The van der Waals surface area contributed by atoms with Crippen molar-refractivity contribution in [3.8, 4) is 0 Å². The van der Waals surface area contributed by atoms with Gasteiger partial charge in [-0.25, -0.2) is 0 Å². The number of hydrogen-bond acceptors (Lipinski definition) is 1. The Balaban J connectivity index is 2.67. The zero-order chi connectivity index (χ0) is 12.0. The van der Waals surface area contributed by atoms with E-state index in [0.717, 1.165) is 6.54 Å². The van der Waals surface area contributed by atoms with E-state index in [2.05, 4.69) is 25.1 Å². The number of carbonyl (C=O) groups excluding carboxylic acids is 1. The van der Waals surface area contributed by atoms with Gasteiger partial charge in [0.25, 0.3) is 0 Å². The average Bonchev–Trinajstić information content (AvgIpc) is 2.30. The van der Waals surface area contributed by atoms with E-state index in [9.17, 15) is 4.79 Å². The Morgan fingerprint density at radius 1 is 1.25 bits per heavy atom. The maximum atomic E-state index is 11.2. The molecule has 1 aromatic carbocycles. The minimum absolute atomic E-state index is 0.125. The molecule has 0 spiro atoms. The highest BCUT2D eigenvalue weighted by Gasteiger charge is 2.03. The van der Waals surface area contributed by atoms with Crippen molar-refractivity contribution < 1.29 is 4.79 Å². The zero-order valence-electron chi connectivity index (χ0n) is 10.2. The fourth-order valence-electron chi connectivity index (χ4n) is 1.55. The van der Waals surface area contributed by atoms with E-state index in [4.69, 9.17) is 0 Å². The predicted octanol–water partition coefficient (Wildman–Crippen LogP) is 2.96. The van der Waals surface area contributed by atoms with Crippen LogP contribution in [-0.2, 0) is 4.79 Å². The number of carbonyl (C=O) groups is 1. The lowest BCUT2D eigenvalue weighted by atomic mass is 10.1. The second-order valence-corrected chi connectivity index (χ2v) is 3.81. The second-order valence-electron chi connectivity index (χ2n) is 3.81. The minimum atomic E-state index is 0.125. The van der Waals surface area contributed by atoms with Crippen LogP contribution < -0.4 is 0 Å². The Morgan fingerprint density at radius 3 is 2.38 bits per heavy atom. The topological polar surface area (TPSA) is 20.3 Å². The van der Waals surface area contributed by atoms with Gasteiger partial charge in [-0.15, -0.1) is 0 Å². The number of amides is 1. The average molecular weight is 217 g/mol. The first-order chi connectivity index (χ1) is 7.65. The van der Waals surface area contributed by atoms with Crippen LogP contribution >= 0.6 is 0 Å². The molecule has 0 atom stereocenters. The van der Waals surface area contributed by atoms with Crippen molar-refractivity contribution in [3.63, 3.8) is 0 Å². The molecule has 16 heavy (non-hydrogen) atoms. The molecular weight excluding hydrogens is 198 g/mol. The van der Waals surface area contributed by atoms with Gasteiger partial charge in [0.15, 0.2) is 0 Å². The van der Waals surface area contributed by atoms with Gasteiger partial charge in [-0.1, -0.05) is 36.4 Å². The van der Waals surface area contributed by atoms with E-state index in [0.29, 0.717) is 6.54 Å². The first-order valence-electron chi connectivity index (χ1n) is 5.62. The molecule has 0 aliphatic heterocycles. The third-order valence-electron chi connectivity index (χ3n) is 2.67. The van der Waals surface area contributed by atoms with Gasteiger partial charge in [-0.2, -0.15) is 0 Å². The first kappa shape index (κ1) is 12.5. The van der Waals surface area contributed by atoms with Crippen molar-refractivity contribution in [2.45, 2.75) is 20.8 Å². The van der Waals surface area contributed by atoms with E-state index in [1.807, 2.05) is 30.0 Å². The van der Waals surface area contributed by atoms with Crippen molar-refractivity contribution in [1.82, 2.24) is 4.90 Å². The molecule has 86 valence electrons. The summed E-state index contributed by atoms with van der Waals surface area (Å²) < 4.78 is 0. The van der Waals surface area contributed by atoms with Gasteiger partial charge in [0.05, 0.1) is 0 Å². The van der Waals surface area contributed by atoms with Crippen LogP contribution in [0.2, 0.25) is 0 Å². The summed E-state index contributed by atoms with van der Waals surface area (Å²) in [5, 5.41) is 0. The molecule has 0 radical (unpaired) electrons. The molecule has 1 amide bonds. The Kier molecular flexibility index (Phi) is 4.77. The SMILES string of the molecule is CCN(C/C=C(/C)c1ccccc1)C(C)=O. The van der Waals surface area contributed by atoms with E-state index in [1.54, 1.807) is 6.92 Å². The molecule has 0 N–H and O–H groups in total. The van der Waals surface area contributed by atoms with Gasteiger partial charge >= 0.3 is 0 Å². The maximum absolute atomic E-state index is 11.2. The maximum Gasteiger partial charge on any atom is 0.219 e. The van der Waals surface area contributed by atoms with E-state index in [1.165, 1.54) is 11.1 Å². The normalized spacial score (nSPS) is 11.3. The fourth-order valence-corrected chi connectivity index (χ4v) is 1.55. The summed E-state index contributed by atoms with van der Waals surface area (Å²) in [7, 11) is 0. The monoisotopic (exact) mass is 217 g/mol. The van der Waals surface area contributed by atoms with Crippen LogP contribution in [0, 0.1) is 0 Å². The minimum Gasteiger partial charge on any atom is -0.339 e. The number of benzene rings is 1. The van der Waals surface area contributed by atoms with Crippen LogP contribution in [-0.4, -0.2) is 23.9 Å². The zero-order valence-corrected chi connectivity index (χ0v) is 10.2. The van der Waals surface area contributed by atoms with Crippen LogP contribution in [0.25, 0.3) is 5.57 Å². The van der Waals surface area contributed by atoms with E-state index < -0.39 is 0 Å². The quantitative estimate of drug-likeness (QED) is 0.759. The molecule has 0 saturated heterocycles. The smallest absolute Gasteiger partial charge is 0.219 e. The number of likely N-dealkylation sites (N-methyl/N-ethyl adjacent to an activating group) is 1. The molecule has 1 rings (SSSR count). The summed E-state index contributed by atoms with van der Waals surface area (Å²) >= 11 is 0. The lowest BCUT2D eigenvalue weighted by molar-refractivity contribution is -0.128. The lowest BCUT2D eigenvalue weighted by Crippen LogP contribution is -2.28. The summed E-state index contributed by atoms with van der Waals surface area (Å²) in [5.74, 6) is 0.125. The van der Waals surface area contributed by atoms with Gasteiger partial charge in [0, 0.05) is 20.0 Å². The molecule has 0 heterocycles. The number of hydrogen-bond donors (Lipinski definition) is 0. The molecule has 0 bridgehead atoms. The lowest BCUT2D eigenvalue weighted by Gasteiger charge is -2.16. The molecule has 0 aliphatic rings. The Morgan fingerprint density at radius 2 is 1.88 bits per heavy atom. The van der Waals surface area contributed by atoms with Crippen molar-refractivity contribution >= 4 is 11.5 Å². The highest BCUT2D eigenvalue weighted by Crippen LogP contribution is 2.12. The van der Waals surface area contributed by atoms with E-state index in [-0.39, 0.29) is 5.91 Å². The van der Waals surface area contributed by atoms with E-state index >= 15 is 0 Å². The summed E-state index contributed by atoms with van der Waals surface area (Å²) in [6.45, 7) is 7.12. The van der Waals surface area contributed by atoms with Crippen molar-refractivity contribution in [3.05, 3.63) is 42.0 Å². The third kappa shape index (κ3) is 3.54. The highest BCUT2D eigenvalue weighted by molar-refractivity contribution is 5.74. The third-order valence-corrected chi connectivity index (χ3v) is 2.67. The van der Waals surface area contributed by atoms with Crippen molar-refractivity contribution in [2.75, 3.05) is 13.1 Å². The molecule has 0 fully saturated rings. The molecule has 1 aromatic rings. The first-order valence-corrected chi connectivity index (χ1v) is 5.62. The van der Waals surface area contributed by atoms with Crippen LogP contribution in [0.15, 0.2) is 36.4 Å². The Labute approximate surface area is 97.6 Å². The molecule has 2 heteroatoms. The number of nitrogens with zero attached hydrogens (tertiary/aromatic N) is 1. The Hall–Kier alpha value is -1.57. The molecule has 0 unspecified atom stereocenters. The summed E-state index contributed by atoms with van der Waals surface area (Å²) in [4.78, 5) is 13.0. The van der Waals surface area contributed by atoms with Crippen molar-refractivity contribution in [2.24, 2.45) is 0 Å². The van der Waals surface area contributed by atoms with Gasteiger partial charge in [0.2, 0.25) is 5.91 Å². The van der Waals surface area contributed by atoms with Crippen LogP contribution in [0.3, 0.4) is 0 Å². The van der Waals surface area contributed by atoms with Gasteiger partial charge in [-0.3, -0.25) is 4.79 Å². The summed E-state index contributed by atoms with van der Waals surface area (Å²) in [6.07, 6.45) is 2.10. The van der Waals surface area contributed by atoms with Crippen LogP contribution in [0.4, 0.5) is 0 Å². The molecule has 0 aromatic heterocycles. The van der Waals surface area contributed by atoms with Crippen LogP contribution in [0.1, 0.15) is 26.3 Å². The summed E-state index contributed by atoms with van der Waals surface area (Å²) in [6, 6.07) is 10.2. The number of rotatable bonds is 4. The van der Waals surface area contributed by atoms with Crippen molar-refractivity contribution in [1.29, 1.82) is 0 Å². The summed E-state index contributed by atoms with van der Waals surface area (Å²) in [5.41, 5.74) is 2.42. The second kappa shape index (κ2) is 6.11. The Bertz CT molecular complexity index is 368. The molecule has 0 saturated carbocycles. The number of allylic oxidation sites excluding steroid dienone is 1. The molecule has 0 aliphatic carbocycles. The highest BCUT2D eigenvalue weighted by atomic mass is 16.2. The van der Waals surface area contributed by atoms with Gasteiger partial charge < -0.3 is 4.90 Å². The fraction of sp³-hybridized carbons (Fsp3) is 0.357. The largest absolute Gasteiger partial charge is 0.339 e. The molecule has 2 nitrogen and oxygen atoms in total. The molecular formula is C14H19NO. The van der Waals surface area contributed by atoms with Gasteiger partial charge in [0.1, 0.15) is 0 Å². The van der Waals surface area contributed by atoms with Crippen LogP contribution in [0.5, 0.6) is 0 Å².